The molecule has 3 rings (SSSR count). The lowest BCUT2D eigenvalue weighted by Gasteiger charge is -2.19. The van der Waals surface area contributed by atoms with Crippen LogP contribution in [-0.2, 0) is 0 Å². The van der Waals surface area contributed by atoms with Crippen molar-refractivity contribution in [1.29, 1.82) is 0 Å². The molecule has 0 unspecified atom stereocenters. The van der Waals surface area contributed by atoms with Crippen molar-refractivity contribution in [3.63, 3.8) is 0 Å². The van der Waals surface area contributed by atoms with Crippen LogP contribution in [0.25, 0.3) is 21.9 Å². The van der Waals surface area contributed by atoms with E-state index in [2.05, 4.69) is 24.1 Å². The Morgan fingerprint density at radius 1 is 1.16 bits per heavy atom. The smallest absolute Gasteiger partial charge is 0.202 e. The van der Waals surface area contributed by atoms with Crippen LogP contribution in [0.1, 0.15) is 19.4 Å². The number of hydrogen-bond acceptors (Lipinski definition) is 5. The van der Waals surface area contributed by atoms with E-state index in [0.29, 0.717) is 21.9 Å². The topological polar surface area (TPSA) is 65.7 Å². The Labute approximate surface area is 146 Å². The van der Waals surface area contributed by atoms with E-state index in [9.17, 15) is 9.90 Å². The van der Waals surface area contributed by atoms with Crippen molar-refractivity contribution in [2.45, 2.75) is 20.8 Å². The molecular formula is C20H24N2O3. The van der Waals surface area contributed by atoms with Crippen molar-refractivity contribution in [3.8, 4) is 5.75 Å². The zero-order valence-electron chi connectivity index (χ0n) is 14.9. The van der Waals surface area contributed by atoms with Crippen LogP contribution < -0.4 is 10.7 Å². The molecule has 0 spiro atoms. The van der Waals surface area contributed by atoms with E-state index in [1.165, 1.54) is 12.1 Å². The molecule has 0 saturated heterocycles. The molecule has 2 aromatic carbocycles. The first-order valence-electron chi connectivity index (χ1n) is 8.70. The van der Waals surface area contributed by atoms with Gasteiger partial charge in [-0.25, -0.2) is 0 Å². The van der Waals surface area contributed by atoms with E-state index >= 15 is 0 Å². The average Bonchev–Trinajstić information content (AvgIpc) is 2.61. The molecule has 5 heteroatoms. The number of rotatable bonds is 6. The summed E-state index contributed by atoms with van der Waals surface area (Å²) < 4.78 is 5.96. The number of benzene rings is 2. The summed E-state index contributed by atoms with van der Waals surface area (Å²) in [7, 11) is 0. The maximum Gasteiger partial charge on any atom is 0.202 e. The summed E-state index contributed by atoms with van der Waals surface area (Å²) in [5, 5.41) is 14.0. The number of nitrogens with zero attached hydrogens (tertiary/aromatic N) is 1. The number of anilines is 1. The molecule has 0 fully saturated rings. The number of likely N-dealkylation sites (N-methyl/N-ethyl adjacent to an activating group) is 1. The van der Waals surface area contributed by atoms with Crippen LogP contribution in [0.15, 0.2) is 39.5 Å². The average molecular weight is 340 g/mol. The van der Waals surface area contributed by atoms with E-state index in [1.807, 2.05) is 19.1 Å². The first-order valence-corrected chi connectivity index (χ1v) is 8.70. The highest BCUT2D eigenvalue weighted by Gasteiger charge is 2.14. The Hall–Kier alpha value is -2.53. The summed E-state index contributed by atoms with van der Waals surface area (Å²) in [6.45, 7) is 9.85. The zero-order chi connectivity index (χ0) is 18.0. The molecule has 0 amide bonds. The second-order valence-electron chi connectivity index (χ2n) is 6.20. The third kappa shape index (κ3) is 3.33. The van der Waals surface area contributed by atoms with Crippen LogP contribution in [0.4, 0.5) is 5.69 Å². The first-order chi connectivity index (χ1) is 12.0. The molecule has 0 bridgehead atoms. The van der Waals surface area contributed by atoms with Crippen LogP contribution in [0.2, 0.25) is 0 Å². The van der Waals surface area contributed by atoms with Gasteiger partial charge in [0.1, 0.15) is 16.9 Å². The Balaban J connectivity index is 2.07. The molecular weight excluding hydrogens is 316 g/mol. The molecule has 0 aliphatic heterocycles. The van der Waals surface area contributed by atoms with Gasteiger partial charge in [-0.05, 0) is 49.8 Å². The van der Waals surface area contributed by atoms with Crippen molar-refractivity contribution >= 4 is 27.6 Å². The highest BCUT2D eigenvalue weighted by Crippen LogP contribution is 2.28. The van der Waals surface area contributed by atoms with Crippen LogP contribution in [0.5, 0.6) is 5.75 Å². The second-order valence-corrected chi connectivity index (χ2v) is 6.20. The van der Waals surface area contributed by atoms with Gasteiger partial charge in [0.25, 0.3) is 0 Å². The number of phenolic OH excluding ortho intramolecular Hbond substituents is 1. The molecule has 5 nitrogen and oxygen atoms in total. The monoisotopic (exact) mass is 340 g/mol. The number of phenols is 1. The van der Waals surface area contributed by atoms with Gasteiger partial charge in [-0.15, -0.1) is 0 Å². The predicted octanol–water partition coefficient (Wildman–Crippen LogP) is 3.71. The molecule has 132 valence electrons. The third-order valence-electron chi connectivity index (χ3n) is 4.64. The third-order valence-corrected chi connectivity index (χ3v) is 4.64. The predicted molar refractivity (Wildman–Crippen MR) is 103 cm³/mol. The van der Waals surface area contributed by atoms with Crippen LogP contribution in [0.3, 0.4) is 0 Å². The van der Waals surface area contributed by atoms with Gasteiger partial charge in [-0.1, -0.05) is 19.9 Å². The van der Waals surface area contributed by atoms with Gasteiger partial charge in [0.2, 0.25) is 5.43 Å². The summed E-state index contributed by atoms with van der Waals surface area (Å²) >= 11 is 0. The van der Waals surface area contributed by atoms with Crippen molar-refractivity contribution in [2.75, 3.05) is 31.5 Å². The van der Waals surface area contributed by atoms with E-state index < -0.39 is 0 Å². The van der Waals surface area contributed by atoms with Gasteiger partial charge >= 0.3 is 0 Å². The van der Waals surface area contributed by atoms with Crippen molar-refractivity contribution in [3.05, 3.63) is 46.1 Å². The number of aromatic hydroxyl groups is 1. The lowest BCUT2D eigenvalue weighted by molar-refractivity contribution is 0.316. The Morgan fingerprint density at radius 2 is 1.92 bits per heavy atom. The Kier molecular flexibility index (Phi) is 4.95. The van der Waals surface area contributed by atoms with Crippen LogP contribution >= 0.6 is 0 Å². The molecule has 0 aliphatic carbocycles. The number of hydrogen-bond donors (Lipinski definition) is 2. The zero-order valence-corrected chi connectivity index (χ0v) is 14.9. The molecule has 25 heavy (non-hydrogen) atoms. The Bertz CT molecular complexity index is 958. The lowest BCUT2D eigenvalue weighted by Crippen LogP contribution is -2.28. The fraction of sp³-hybridized carbons (Fsp3) is 0.350. The molecule has 0 radical (unpaired) electrons. The minimum Gasteiger partial charge on any atom is -0.508 e. The van der Waals surface area contributed by atoms with Gasteiger partial charge in [-0.3, -0.25) is 4.79 Å². The molecule has 0 saturated carbocycles. The minimum atomic E-state index is -0.124. The van der Waals surface area contributed by atoms with Gasteiger partial charge in [-0.2, -0.15) is 0 Å². The standard InChI is InChI=1S/C20H24N2O3/c1-4-22(5-2)11-10-21-16-8-6-13(3)20-18(16)19(24)15-12-14(23)7-9-17(15)25-20/h6-9,12,21,23H,4-5,10-11H2,1-3H3. The molecule has 3 aromatic rings. The SMILES string of the molecule is CCN(CC)CCNc1ccc(C)c2oc3ccc(O)cc3c(=O)c12. The normalized spacial score (nSPS) is 11.5. The highest BCUT2D eigenvalue weighted by atomic mass is 16.3. The number of aryl methyl sites for hydroxylation is 1. The molecule has 0 atom stereocenters. The first kappa shape index (κ1) is 17.3. The minimum absolute atomic E-state index is 0.0582. The molecule has 0 aliphatic rings. The fourth-order valence-corrected chi connectivity index (χ4v) is 3.11. The van der Waals surface area contributed by atoms with Crippen LogP contribution in [-0.4, -0.2) is 36.2 Å². The van der Waals surface area contributed by atoms with Crippen molar-refractivity contribution in [1.82, 2.24) is 4.90 Å². The van der Waals surface area contributed by atoms with Crippen molar-refractivity contribution in [2.24, 2.45) is 0 Å². The van der Waals surface area contributed by atoms with E-state index in [-0.39, 0.29) is 11.2 Å². The quantitative estimate of drug-likeness (QED) is 0.670. The van der Waals surface area contributed by atoms with Crippen molar-refractivity contribution < 1.29 is 9.52 Å². The van der Waals surface area contributed by atoms with E-state index in [1.54, 1.807) is 6.07 Å². The lowest BCUT2D eigenvalue weighted by atomic mass is 10.1. The van der Waals surface area contributed by atoms with Gasteiger partial charge in [0, 0.05) is 18.8 Å². The largest absolute Gasteiger partial charge is 0.508 e. The molecule has 1 heterocycles. The van der Waals surface area contributed by atoms with E-state index in [4.69, 9.17) is 4.42 Å². The number of nitrogens with one attached hydrogen (secondary N) is 1. The maximum absolute atomic E-state index is 13.0. The van der Waals surface area contributed by atoms with Gasteiger partial charge < -0.3 is 19.7 Å². The van der Waals surface area contributed by atoms with Crippen LogP contribution in [0, 0.1) is 6.92 Å². The summed E-state index contributed by atoms with van der Waals surface area (Å²) in [4.78, 5) is 15.3. The van der Waals surface area contributed by atoms with Gasteiger partial charge in [0.15, 0.2) is 0 Å². The summed E-state index contributed by atoms with van der Waals surface area (Å²) in [5.41, 5.74) is 2.64. The molecule has 1 aromatic heterocycles. The summed E-state index contributed by atoms with van der Waals surface area (Å²) in [6.07, 6.45) is 0. The van der Waals surface area contributed by atoms with Gasteiger partial charge in [0.05, 0.1) is 10.8 Å². The Morgan fingerprint density at radius 3 is 2.64 bits per heavy atom. The summed E-state index contributed by atoms with van der Waals surface area (Å²) in [5.74, 6) is 0.0582. The summed E-state index contributed by atoms with van der Waals surface area (Å²) in [6, 6.07) is 8.50. The molecule has 2 N–H and O–H groups in total. The highest BCUT2D eigenvalue weighted by molar-refractivity contribution is 5.98. The maximum atomic E-state index is 13.0. The number of fused-ring (bicyclic) bond motifs is 2. The second kappa shape index (κ2) is 7.15. The fourth-order valence-electron chi connectivity index (χ4n) is 3.11. The van der Waals surface area contributed by atoms with E-state index in [0.717, 1.165) is 37.4 Å².